The van der Waals surface area contributed by atoms with E-state index in [-0.39, 0.29) is 13.0 Å². The second-order valence-corrected chi connectivity index (χ2v) is 5.20. The average Bonchev–Trinajstić information content (AvgIpc) is 2.71. The number of urea groups is 1. The maximum absolute atomic E-state index is 11.9. The molecule has 7 nitrogen and oxygen atoms in total. The Balaban J connectivity index is 2.42. The number of rotatable bonds is 5. The Bertz CT molecular complexity index is 335. The molecule has 0 radical (unpaired) electrons. The molecule has 0 aromatic carbocycles. The van der Waals surface area contributed by atoms with Crippen LogP contribution in [0.2, 0.25) is 0 Å². The van der Waals surface area contributed by atoms with Gasteiger partial charge in [-0.25, -0.2) is 9.59 Å². The Morgan fingerprint density at radius 1 is 1.47 bits per heavy atom. The Kier molecular flexibility index (Phi) is 5.56. The number of likely N-dealkylation sites (tertiary alicyclic amines) is 1. The predicted octanol–water partition coefficient (Wildman–Crippen LogP) is -0.444. The maximum Gasteiger partial charge on any atom is 0.326 e. The molecule has 1 rings (SSSR count). The molecule has 0 aromatic rings. The monoisotopic (exact) mass is 273 g/mol. The minimum absolute atomic E-state index is 0.0722. The van der Waals surface area contributed by atoms with Gasteiger partial charge in [0.25, 0.3) is 0 Å². The Morgan fingerprint density at radius 2 is 2.11 bits per heavy atom. The standard InChI is InChI=1S/C12H23N3O4/c1-8(2)14(3)5-4-13-12(19)15-7-9(16)6-10(15)11(17)18/h8-10,16H,4-7H2,1-3H3,(H,13,19)(H,17,18)/t9?,10-/m0/s1. The van der Waals surface area contributed by atoms with E-state index in [9.17, 15) is 14.7 Å². The van der Waals surface area contributed by atoms with Crippen molar-refractivity contribution >= 4 is 12.0 Å². The third kappa shape index (κ3) is 4.36. The molecule has 7 heteroatoms. The van der Waals surface area contributed by atoms with Crippen molar-refractivity contribution in [3.63, 3.8) is 0 Å². The van der Waals surface area contributed by atoms with Crippen molar-refractivity contribution in [2.45, 2.75) is 38.5 Å². The minimum atomic E-state index is -1.08. The van der Waals surface area contributed by atoms with Gasteiger partial charge in [-0.1, -0.05) is 0 Å². The van der Waals surface area contributed by atoms with E-state index in [1.807, 2.05) is 7.05 Å². The largest absolute Gasteiger partial charge is 0.480 e. The number of amides is 2. The summed E-state index contributed by atoms with van der Waals surface area (Å²) in [6, 6.07) is -0.976. The molecule has 3 N–H and O–H groups in total. The molecule has 1 aliphatic heterocycles. The van der Waals surface area contributed by atoms with Gasteiger partial charge in [0, 0.05) is 32.1 Å². The third-order valence-corrected chi connectivity index (χ3v) is 3.45. The van der Waals surface area contributed by atoms with Crippen molar-refractivity contribution in [2.24, 2.45) is 0 Å². The van der Waals surface area contributed by atoms with Crippen molar-refractivity contribution in [3.05, 3.63) is 0 Å². The van der Waals surface area contributed by atoms with Crippen LogP contribution in [0.3, 0.4) is 0 Å². The number of hydrogen-bond acceptors (Lipinski definition) is 4. The number of nitrogens with zero attached hydrogens (tertiary/aromatic N) is 2. The number of likely N-dealkylation sites (N-methyl/N-ethyl adjacent to an activating group) is 1. The lowest BCUT2D eigenvalue weighted by Crippen LogP contribution is -2.48. The van der Waals surface area contributed by atoms with Crippen LogP contribution < -0.4 is 5.32 Å². The Hall–Kier alpha value is -1.34. The minimum Gasteiger partial charge on any atom is -0.480 e. The molecule has 2 atom stereocenters. The number of carboxylic acids is 1. The molecule has 0 saturated carbocycles. The zero-order valence-corrected chi connectivity index (χ0v) is 11.7. The van der Waals surface area contributed by atoms with Gasteiger partial charge in [0.05, 0.1) is 6.10 Å². The molecule has 0 spiro atoms. The molecule has 19 heavy (non-hydrogen) atoms. The lowest BCUT2D eigenvalue weighted by Gasteiger charge is -2.24. The van der Waals surface area contributed by atoms with Crippen LogP contribution >= 0.6 is 0 Å². The summed E-state index contributed by atoms with van der Waals surface area (Å²) in [6.07, 6.45) is -0.667. The van der Waals surface area contributed by atoms with Crippen molar-refractivity contribution in [3.8, 4) is 0 Å². The van der Waals surface area contributed by atoms with Gasteiger partial charge < -0.3 is 25.3 Å². The normalized spacial score (nSPS) is 23.2. The molecular formula is C12H23N3O4. The van der Waals surface area contributed by atoms with Gasteiger partial charge >= 0.3 is 12.0 Å². The Morgan fingerprint density at radius 3 is 2.63 bits per heavy atom. The number of β-amino-alcohol motifs (C(OH)–C–C–N with tert-alkyl or cyclic N) is 1. The fourth-order valence-corrected chi connectivity index (χ4v) is 1.97. The summed E-state index contributed by atoms with van der Waals surface area (Å²) < 4.78 is 0. The van der Waals surface area contributed by atoms with Crippen LogP contribution in [0.4, 0.5) is 4.79 Å². The smallest absolute Gasteiger partial charge is 0.326 e. The number of nitrogens with one attached hydrogen (secondary N) is 1. The number of aliphatic carboxylic acids is 1. The molecule has 0 aromatic heterocycles. The fraction of sp³-hybridized carbons (Fsp3) is 0.833. The zero-order chi connectivity index (χ0) is 14.6. The number of aliphatic hydroxyl groups excluding tert-OH is 1. The summed E-state index contributed by atoms with van der Waals surface area (Å²) in [5.41, 5.74) is 0. The van der Waals surface area contributed by atoms with Crippen LogP contribution in [0.25, 0.3) is 0 Å². The number of carbonyl (C=O) groups is 2. The van der Waals surface area contributed by atoms with Crippen molar-refractivity contribution in [1.29, 1.82) is 0 Å². The quantitative estimate of drug-likeness (QED) is 0.631. The third-order valence-electron chi connectivity index (χ3n) is 3.45. The van der Waals surface area contributed by atoms with Crippen LogP contribution in [0, 0.1) is 0 Å². The van der Waals surface area contributed by atoms with Crippen LogP contribution in [-0.2, 0) is 4.79 Å². The molecule has 0 aliphatic carbocycles. The molecule has 1 saturated heterocycles. The van der Waals surface area contributed by atoms with Crippen LogP contribution in [0.1, 0.15) is 20.3 Å². The van der Waals surface area contributed by atoms with E-state index < -0.39 is 24.1 Å². The molecule has 0 bridgehead atoms. The lowest BCUT2D eigenvalue weighted by atomic mass is 10.2. The Labute approximate surface area is 113 Å². The molecular weight excluding hydrogens is 250 g/mol. The summed E-state index contributed by atoms with van der Waals surface area (Å²) in [6.45, 7) is 5.32. The van der Waals surface area contributed by atoms with Gasteiger partial charge in [-0.15, -0.1) is 0 Å². The maximum atomic E-state index is 11.9. The second-order valence-electron chi connectivity index (χ2n) is 5.20. The summed E-state index contributed by atoms with van der Waals surface area (Å²) in [5.74, 6) is -1.08. The highest BCUT2D eigenvalue weighted by Gasteiger charge is 2.38. The molecule has 1 fully saturated rings. The van der Waals surface area contributed by atoms with E-state index in [1.54, 1.807) is 0 Å². The molecule has 2 amide bonds. The SMILES string of the molecule is CC(C)N(C)CCNC(=O)N1CC(O)C[C@H]1C(=O)O. The summed E-state index contributed by atoms with van der Waals surface area (Å²) in [4.78, 5) is 26.1. The molecule has 1 unspecified atom stereocenters. The number of hydrogen-bond donors (Lipinski definition) is 3. The van der Waals surface area contributed by atoms with Gasteiger partial charge in [-0.2, -0.15) is 0 Å². The van der Waals surface area contributed by atoms with E-state index >= 15 is 0 Å². The number of carboxylic acid groups (broad SMARTS) is 1. The van der Waals surface area contributed by atoms with Crippen molar-refractivity contribution in [2.75, 3.05) is 26.7 Å². The van der Waals surface area contributed by atoms with E-state index in [2.05, 4.69) is 24.1 Å². The first kappa shape index (κ1) is 15.7. The molecule has 1 aliphatic rings. The van der Waals surface area contributed by atoms with Crippen LogP contribution in [-0.4, -0.2) is 76.9 Å². The van der Waals surface area contributed by atoms with Gasteiger partial charge in [0.2, 0.25) is 0 Å². The number of aliphatic hydroxyl groups is 1. The first-order chi connectivity index (χ1) is 8.82. The van der Waals surface area contributed by atoms with E-state index in [4.69, 9.17) is 5.11 Å². The van der Waals surface area contributed by atoms with E-state index in [1.165, 1.54) is 4.90 Å². The predicted molar refractivity (Wildman–Crippen MR) is 69.9 cm³/mol. The van der Waals surface area contributed by atoms with Crippen LogP contribution in [0.15, 0.2) is 0 Å². The van der Waals surface area contributed by atoms with E-state index in [0.29, 0.717) is 19.1 Å². The summed E-state index contributed by atoms with van der Waals surface area (Å²) in [5, 5.41) is 21.1. The highest BCUT2D eigenvalue weighted by Crippen LogP contribution is 2.17. The summed E-state index contributed by atoms with van der Waals surface area (Å²) >= 11 is 0. The van der Waals surface area contributed by atoms with Gasteiger partial charge in [0.1, 0.15) is 6.04 Å². The van der Waals surface area contributed by atoms with Crippen molar-refractivity contribution < 1.29 is 19.8 Å². The van der Waals surface area contributed by atoms with Gasteiger partial charge in [0.15, 0.2) is 0 Å². The number of carbonyl (C=O) groups excluding carboxylic acids is 1. The van der Waals surface area contributed by atoms with Crippen molar-refractivity contribution in [1.82, 2.24) is 15.1 Å². The molecule has 110 valence electrons. The van der Waals surface area contributed by atoms with E-state index in [0.717, 1.165) is 0 Å². The summed E-state index contributed by atoms with van der Waals surface area (Å²) in [7, 11) is 1.95. The highest BCUT2D eigenvalue weighted by molar-refractivity contribution is 5.83. The van der Waals surface area contributed by atoms with Gasteiger partial charge in [-0.3, -0.25) is 0 Å². The van der Waals surface area contributed by atoms with Gasteiger partial charge in [-0.05, 0) is 20.9 Å². The topological polar surface area (TPSA) is 93.1 Å². The highest BCUT2D eigenvalue weighted by atomic mass is 16.4. The first-order valence-electron chi connectivity index (χ1n) is 6.48. The zero-order valence-electron chi connectivity index (χ0n) is 11.7. The average molecular weight is 273 g/mol. The fourth-order valence-electron chi connectivity index (χ4n) is 1.97. The molecule has 1 heterocycles. The van der Waals surface area contributed by atoms with Crippen LogP contribution in [0.5, 0.6) is 0 Å². The lowest BCUT2D eigenvalue weighted by molar-refractivity contribution is -0.141. The first-order valence-corrected chi connectivity index (χ1v) is 6.48. The second kappa shape index (κ2) is 6.72.